The van der Waals surface area contributed by atoms with Crippen molar-refractivity contribution in [2.24, 2.45) is 0 Å². The topological polar surface area (TPSA) is 77.5 Å². The molecule has 1 heterocycles. The Balaban J connectivity index is 1.81. The van der Waals surface area contributed by atoms with E-state index in [1.807, 2.05) is 25.1 Å². The van der Waals surface area contributed by atoms with Crippen molar-refractivity contribution >= 4 is 17.5 Å². The van der Waals surface area contributed by atoms with Crippen LogP contribution < -0.4 is 24.8 Å². The van der Waals surface area contributed by atoms with Crippen LogP contribution in [0.4, 0.5) is 17.5 Å². The van der Waals surface area contributed by atoms with Crippen molar-refractivity contribution in [3.05, 3.63) is 23.9 Å². The van der Waals surface area contributed by atoms with Gasteiger partial charge in [-0.2, -0.15) is 4.98 Å². The minimum Gasteiger partial charge on any atom is -0.493 e. The van der Waals surface area contributed by atoms with E-state index in [0.717, 1.165) is 17.2 Å². The Hall–Kier alpha value is -2.70. The Morgan fingerprint density at radius 3 is 2.07 bits per heavy atom. The van der Waals surface area contributed by atoms with Crippen molar-refractivity contribution in [2.45, 2.75) is 51.5 Å². The van der Waals surface area contributed by atoms with Gasteiger partial charge in [-0.1, -0.05) is 25.7 Å². The van der Waals surface area contributed by atoms with Crippen molar-refractivity contribution in [3.63, 3.8) is 0 Å². The molecule has 1 aromatic carbocycles. The molecular formula is C21H30N4O3. The van der Waals surface area contributed by atoms with Gasteiger partial charge in [0.15, 0.2) is 11.5 Å². The largest absolute Gasteiger partial charge is 0.493 e. The van der Waals surface area contributed by atoms with Gasteiger partial charge >= 0.3 is 0 Å². The summed E-state index contributed by atoms with van der Waals surface area (Å²) in [6.45, 7) is 1.97. The number of rotatable bonds is 7. The average Bonchev–Trinajstić information content (AvgIpc) is 2.95. The number of nitrogens with one attached hydrogen (secondary N) is 2. The summed E-state index contributed by atoms with van der Waals surface area (Å²) in [4.78, 5) is 9.22. The lowest BCUT2D eigenvalue weighted by Crippen LogP contribution is -2.20. The molecule has 2 aromatic rings. The highest BCUT2D eigenvalue weighted by atomic mass is 16.5. The third kappa shape index (κ3) is 4.97. The molecule has 0 spiro atoms. The van der Waals surface area contributed by atoms with Gasteiger partial charge in [-0.05, 0) is 19.8 Å². The molecule has 28 heavy (non-hydrogen) atoms. The normalized spacial score (nSPS) is 14.9. The summed E-state index contributed by atoms with van der Waals surface area (Å²) in [5.74, 6) is 3.13. The van der Waals surface area contributed by atoms with Gasteiger partial charge in [-0.25, -0.2) is 4.98 Å². The highest BCUT2D eigenvalue weighted by Crippen LogP contribution is 2.40. The van der Waals surface area contributed by atoms with Gasteiger partial charge in [0.25, 0.3) is 0 Å². The molecule has 0 saturated heterocycles. The summed E-state index contributed by atoms with van der Waals surface area (Å²) in [7, 11) is 4.79. The molecule has 1 aliphatic rings. The van der Waals surface area contributed by atoms with Crippen LogP contribution >= 0.6 is 0 Å². The smallest absolute Gasteiger partial charge is 0.225 e. The summed E-state index contributed by atoms with van der Waals surface area (Å²) in [5.41, 5.74) is 1.70. The molecule has 2 N–H and O–H groups in total. The van der Waals surface area contributed by atoms with E-state index in [4.69, 9.17) is 14.2 Å². The van der Waals surface area contributed by atoms with Gasteiger partial charge in [0.1, 0.15) is 5.82 Å². The second kappa shape index (κ2) is 9.48. The number of nitrogens with zero attached hydrogens (tertiary/aromatic N) is 2. The number of benzene rings is 1. The van der Waals surface area contributed by atoms with Crippen molar-refractivity contribution in [1.29, 1.82) is 0 Å². The van der Waals surface area contributed by atoms with E-state index in [1.54, 1.807) is 21.3 Å². The van der Waals surface area contributed by atoms with Crippen LogP contribution in [0.1, 0.15) is 44.2 Å². The average molecular weight is 386 g/mol. The van der Waals surface area contributed by atoms with Gasteiger partial charge in [0, 0.05) is 35.6 Å². The van der Waals surface area contributed by atoms with Gasteiger partial charge < -0.3 is 24.8 Å². The molecule has 1 fully saturated rings. The Bertz CT molecular complexity index is 764. The highest BCUT2D eigenvalue weighted by molar-refractivity contribution is 5.67. The predicted octanol–water partition coefficient (Wildman–Crippen LogP) is 4.69. The molecule has 7 nitrogen and oxygen atoms in total. The van der Waals surface area contributed by atoms with Crippen molar-refractivity contribution in [2.75, 3.05) is 32.0 Å². The summed E-state index contributed by atoms with van der Waals surface area (Å²) >= 11 is 0. The van der Waals surface area contributed by atoms with Gasteiger partial charge in [-0.15, -0.1) is 0 Å². The van der Waals surface area contributed by atoms with Crippen LogP contribution in [0.25, 0.3) is 0 Å². The van der Waals surface area contributed by atoms with Gasteiger partial charge in [0.2, 0.25) is 11.7 Å². The van der Waals surface area contributed by atoms with Crippen molar-refractivity contribution < 1.29 is 14.2 Å². The zero-order valence-electron chi connectivity index (χ0n) is 17.2. The number of hydrogen-bond donors (Lipinski definition) is 2. The summed E-state index contributed by atoms with van der Waals surface area (Å²) in [5, 5.41) is 6.85. The van der Waals surface area contributed by atoms with Crippen LogP contribution in [0.5, 0.6) is 17.2 Å². The molecule has 0 aliphatic heterocycles. The van der Waals surface area contributed by atoms with Gasteiger partial charge in [-0.3, -0.25) is 0 Å². The third-order valence-corrected chi connectivity index (χ3v) is 4.98. The lowest BCUT2D eigenvalue weighted by molar-refractivity contribution is 0.324. The van der Waals surface area contributed by atoms with Crippen molar-refractivity contribution in [1.82, 2.24) is 9.97 Å². The number of methoxy groups -OCH3 is 3. The SMILES string of the molecule is COc1cc(Nc2cc(C)nc(NC3CCCCCC3)n2)cc(OC)c1OC. The maximum atomic E-state index is 5.43. The Morgan fingerprint density at radius 1 is 0.857 bits per heavy atom. The predicted molar refractivity (Wildman–Crippen MR) is 111 cm³/mol. The first-order valence-electron chi connectivity index (χ1n) is 9.82. The molecule has 1 aromatic heterocycles. The van der Waals surface area contributed by atoms with E-state index in [2.05, 4.69) is 20.6 Å². The minimum atomic E-state index is 0.443. The molecule has 0 radical (unpaired) electrons. The monoisotopic (exact) mass is 386 g/mol. The fraction of sp³-hybridized carbons (Fsp3) is 0.524. The highest BCUT2D eigenvalue weighted by Gasteiger charge is 2.16. The summed E-state index contributed by atoms with van der Waals surface area (Å²) < 4.78 is 16.2. The fourth-order valence-electron chi connectivity index (χ4n) is 3.60. The molecule has 1 aliphatic carbocycles. The van der Waals surface area contributed by atoms with Crippen molar-refractivity contribution in [3.8, 4) is 17.2 Å². The molecule has 0 atom stereocenters. The molecule has 0 amide bonds. The Morgan fingerprint density at radius 2 is 1.50 bits per heavy atom. The minimum absolute atomic E-state index is 0.443. The molecule has 0 unspecified atom stereocenters. The van der Waals surface area contributed by atoms with Gasteiger partial charge in [0.05, 0.1) is 21.3 Å². The van der Waals surface area contributed by atoms with Crippen LogP contribution in [-0.4, -0.2) is 37.3 Å². The number of anilines is 3. The number of hydrogen-bond acceptors (Lipinski definition) is 7. The standard InChI is InChI=1S/C21H30N4O3/c1-14-11-19(25-21(22-14)24-15-9-7-5-6-8-10-15)23-16-12-17(26-2)20(28-4)18(13-16)27-3/h11-13,15H,5-10H2,1-4H3,(H2,22,23,24,25). The van der Waals surface area contributed by atoms with E-state index in [-0.39, 0.29) is 0 Å². The molecule has 3 rings (SSSR count). The van der Waals surface area contributed by atoms with E-state index >= 15 is 0 Å². The third-order valence-electron chi connectivity index (χ3n) is 4.98. The first kappa shape index (κ1) is 20.0. The molecular weight excluding hydrogens is 356 g/mol. The molecule has 152 valence electrons. The zero-order chi connectivity index (χ0) is 19.9. The summed E-state index contributed by atoms with van der Waals surface area (Å²) in [6, 6.07) is 6.08. The van der Waals surface area contributed by atoms with E-state index in [0.29, 0.717) is 29.2 Å². The first-order chi connectivity index (χ1) is 13.6. The first-order valence-corrected chi connectivity index (χ1v) is 9.82. The molecule has 7 heteroatoms. The lowest BCUT2D eigenvalue weighted by atomic mass is 10.1. The second-order valence-electron chi connectivity index (χ2n) is 7.09. The second-order valence-corrected chi connectivity index (χ2v) is 7.09. The fourth-order valence-corrected chi connectivity index (χ4v) is 3.60. The number of aromatic nitrogens is 2. The van der Waals surface area contributed by atoms with E-state index in [1.165, 1.54) is 38.5 Å². The van der Waals surface area contributed by atoms with E-state index < -0.39 is 0 Å². The van der Waals surface area contributed by atoms with Crippen LogP contribution in [0.3, 0.4) is 0 Å². The Labute approximate surface area is 166 Å². The van der Waals surface area contributed by atoms with Crippen LogP contribution in [0.2, 0.25) is 0 Å². The quantitative estimate of drug-likeness (QED) is 0.669. The summed E-state index contributed by atoms with van der Waals surface area (Å²) in [6.07, 6.45) is 7.52. The van der Waals surface area contributed by atoms with Crippen LogP contribution in [0, 0.1) is 6.92 Å². The lowest BCUT2D eigenvalue weighted by Gasteiger charge is -2.18. The zero-order valence-corrected chi connectivity index (χ0v) is 17.2. The van der Waals surface area contributed by atoms with Crippen LogP contribution in [-0.2, 0) is 0 Å². The maximum absolute atomic E-state index is 5.43. The molecule has 0 bridgehead atoms. The number of aryl methyl sites for hydroxylation is 1. The maximum Gasteiger partial charge on any atom is 0.225 e. The van der Waals surface area contributed by atoms with Crippen LogP contribution in [0.15, 0.2) is 18.2 Å². The Kier molecular flexibility index (Phi) is 6.79. The van der Waals surface area contributed by atoms with E-state index in [9.17, 15) is 0 Å². The molecule has 1 saturated carbocycles. The number of ether oxygens (including phenoxy) is 3.